The van der Waals surface area contributed by atoms with Crippen LogP contribution in [0.2, 0.25) is 0 Å². The number of thiocarbonyl (C=S) groups is 1. The van der Waals surface area contributed by atoms with Crippen LogP contribution in [0.5, 0.6) is 0 Å². The van der Waals surface area contributed by atoms with Crippen LogP contribution < -0.4 is 5.73 Å². The van der Waals surface area contributed by atoms with Crippen LogP contribution in [0.4, 0.5) is 4.39 Å². The van der Waals surface area contributed by atoms with E-state index >= 15 is 0 Å². The molecule has 0 aliphatic heterocycles. The Morgan fingerprint density at radius 1 is 1.56 bits per heavy atom. The molecule has 98 valence electrons. The Hall–Kier alpha value is -0.760. The number of nitrogens with two attached hydrogens (primary N) is 1. The number of halogens is 2. The molecule has 1 amide bonds. The third-order valence-electron chi connectivity index (χ3n) is 2.29. The minimum Gasteiger partial charge on any atom is -0.392 e. The van der Waals surface area contributed by atoms with Crippen molar-refractivity contribution in [2.75, 3.05) is 13.1 Å². The molecule has 0 aliphatic carbocycles. The Bertz CT molecular complexity index is 467. The van der Waals surface area contributed by atoms with Crippen molar-refractivity contribution in [3.63, 3.8) is 0 Å². The van der Waals surface area contributed by atoms with Crippen LogP contribution >= 0.6 is 34.8 Å². The molecule has 0 saturated carbocycles. The van der Waals surface area contributed by atoms with E-state index in [9.17, 15) is 9.18 Å². The van der Waals surface area contributed by atoms with Gasteiger partial charge in [0.05, 0.1) is 17.1 Å². The number of carbonyl (C=O) groups excluding carboxylic acids is 1. The second-order valence-corrected chi connectivity index (χ2v) is 5.50. The van der Waals surface area contributed by atoms with Gasteiger partial charge < -0.3 is 10.6 Å². The molecule has 0 aliphatic rings. The Morgan fingerprint density at radius 3 is 2.72 bits per heavy atom. The Morgan fingerprint density at radius 2 is 2.22 bits per heavy atom. The molecule has 1 aromatic carbocycles. The van der Waals surface area contributed by atoms with Crippen molar-refractivity contribution in [1.82, 2.24) is 4.90 Å². The van der Waals surface area contributed by atoms with Gasteiger partial charge >= 0.3 is 0 Å². The van der Waals surface area contributed by atoms with Crippen LogP contribution in [0, 0.1) is 9.39 Å². The number of nitrogens with zero attached hydrogens (tertiary/aromatic N) is 1. The molecule has 0 bridgehead atoms. The maximum Gasteiger partial charge on any atom is 0.255 e. The predicted octanol–water partition coefficient (Wildman–Crippen LogP) is 2.57. The third kappa shape index (κ3) is 4.16. The molecule has 6 heteroatoms. The highest BCUT2D eigenvalue weighted by Gasteiger charge is 2.18. The molecule has 3 nitrogen and oxygen atoms in total. The van der Waals surface area contributed by atoms with Gasteiger partial charge in [-0.2, -0.15) is 0 Å². The average Bonchev–Trinajstić information content (AvgIpc) is 2.27. The number of hydrogen-bond acceptors (Lipinski definition) is 2. The first-order chi connectivity index (χ1) is 8.45. The normalized spacial score (nSPS) is 10.2. The molecule has 1 rings (SSSR count). The van der Waals surface area contributed by atoms with Gasteiger partial charge in [-0.3, -0.25) is 4.79 Å². The van der Waals surface area contributed by atoms with Crippen LogP contribution in [0.1, 0.15) is 23.7 Å². The topological polar surface area (TPSA) is 46.3 Å². The van der Waals surface area contributed by atoms with Crippen molar-refractivity contribution >= 4 is 45.7 Å². The van der Waals surface area contributed by atoms with Crippen molar-refractivity contribution < 1.29 is 9.18 Å². The lowest BCUT2D eigenvalue weighted by atomic mass is 10.2. The van der Waals surface area contributed by atoms with Gasteiger partial charge in [0.25, 0.3) is 5.91 Å². The van der Waals surface area contributed by atoms with Gasteiger partial charge in [0, 0.05) is 10.1 Å². The number of carbonyl (C=O) groups is 1. The summed E-state index contributed by atoms with van der Waals surface area (Å²) in [6.07, 6.45) is 0.812. The second kappa shape index (κ2) is 6.98. The zero-order valence-corrected chi connectivity index (χ0v) is 12.9. The van der Waals surface area contributed by atoms with Crippen molar-refractivity contribution in [3.8, 4) is 0 Å². The van der Waals surface area contributed by atoms with Gasteiger partial charge in [-0.1, -0.05) is 19.1 Å². The van der Waals surface area contributed by atoms with Crippen LogP contribution in [0.25, 0.3) is 0 Å². The Labute approximate surface area is 125 Å². The van der Waals surface area contributed by atoms with Crippen LogP contribution in [0.3, 0.4) is 0 Å². The van der Waals surface area contributed by atoms with Gasteiger partial charge in [0.1, 0.15) is 5.82 Å². The summed E-state index contributed by atoms with van der Waals surface area (Å²) in [5, 5.41) is 0. The maximum absolute atomic E-state index is 13.0. The molecule has 0 fully saturated rings. The lowest BCUT2D eigenvalue weighted by molar-refractivity contribution is 0.0779. The molecule has 0 heterocycles. The Kier molecular flexibility index (Phi) is 5.94. The standard InChI is InChI=1S/C12H14FIN2OS/c1-2-5-16(7-11(15)18)12(17)9-4-3-8(13)6-10(9)14/h3-4,6H,2,5,7H2,1H3,(H2,15,18). The van der Waals surface area contributed by atoms with Gasteiger partial charge in [-0.25, -0.2) is 4.39 Å². The summed E-state index contributed by atoms with van der Waals surface area (Å²) in [7, 11) is 0. The van der Waals surface area contributed by atoms with E-state index in [4.69, 9.17) is 18.0 Å². The first kappa shape index (κ1) is 15.3. The monoisotopic (exact) mass is 380 g/mol. The molecule has 0 spiro atoms. The van der Waals surface area contributed by atoms with Gasteiger partial charge in [-0.15, -0.1) is 0 Å². The lowest BCUT2D eigenvalue weighted by Gasteiger charge is -2.22. The Balaban J connectivity index is 2.97. The predicted molar refractivity (Wildman–Crippen MR) is 82.1 cm³/mol. The van der Waals surface area contributed by atoms with E-state index in [1.165, 1.54) is 18.2 Å². The first-order valence-corrected chi connectivity index (χ1v) is 6.97. The SMILES string of the molecule is CCCN(CC(N)=S)C(=O)c1ccc(F)cc1I. The zero-order valence-electron chi connectivity index (χ0n) is 9.95. The quantitative estimate of drug-likeness (QED) is 0.631. The van der Waals surface area contributed by atoms with Crippen LogP contribution in [-0.2, 0) is 0 Å². The van der Waals surface area contributed by atoms with Crippen molar-refractivity contribution in [3.05, 3.63) is 33.1 Å². The van der Waals surface area contributed by atoms with E-state index in [0.29, 0.717) is 15.7 Å². The van der Waals surface area contributed by atoms with Crippen molar-refractivity contribution in [1.29, 1.82) is 0 Å². The van der Waals surface area contributed by atoms with E-state index in [-0.39, 0.29) is 23.3 Å². The number of hydrogen-bond donors (Lipinski definition) is 1. The summed E-state index contributed by atoms with van der Waals surface area (Å²) in [4.78, 5) is 14.1. The van der Waals surface area contributed by atoms with Crippen molar-refractivity contribution in [2.24, 2.45) is 5.73 Å². The highest BCUT2D eigenvalue weighted by atomic mass is 127. The lowest BCUT2D eigenvalue weighted by Crippen LogP contribution is -2.38. The largest absolute Gasteiger partial charge is 0.392 e. The molecule has 0 saturated heterocycles. The number of rotatable bonds is 5. The second-order valence-electron chi connectivity index (χ2n) is 3.82. The average molecular weight is 380 g/mol. The molecule has 1 aromatic rings. The molecular formula is C12H14FIN2OS. The highest BCUT2D eigenvalue weighted by molar-refractivity contribution is 14.1. The molecule has 0 unspecified atom stereocenters. The minimum absolute atomic E-state index is 0.172. The fraction of sp³-hybridized carbons (Fsp3) is 0.333. The third-order valence-corrected chi connectivity index (χ3v) is 3.31. The fourth-order valence-electron chi connectivity index (χ4n) is 1.54. The maximum atomic E-state index is 13.0. The summed E-state index contributed by atoms with van der Waals surface area (Å²) in [5.74, 6) is -0.526. The van der Waals surface area contributed by atoms with Crippen molar-refractivity contribution in [2.45, 2.75) is 13.3 Å². The summed E-state index contributed by atoms with van der Waals surface area (Å²) in [6, 6.07) is 4.10. The van der Waals surface area contributed by atoms with E-state index in [1.54, 1.807) is 4.90 Å². The molecule has 0 aromatic heterocycles. The zero-order chi connectivity index (χ0) is 13.7. The molecular weight excluding hydrogens is 366 g/mol. The van der Waals surface area contributed by atoms with Crippen LogP contribution in [0.15, 0.2) is 18.2 Å². The molecule has 0 atom stereocenters. The summed E-state index contributed by atoms with van der Waals surface area (Å²) >= 11 is 6.78. The van der Waals surface area contributed by atoms with Gasteiger partial charge in [0.15, 0.2) is 0 Å². The van der Waals surface area contributed by atoms with Gasteiger partial charge in [0.2, 0.25) is 0 Å². The fourth-order valence-corrected chi connectivity index (χ4v) is 2.41. The van der Waals surface area contributed by atoms with Crippen LogP contribution in [-0.4, -0.2) is 28.9 Å². The minimum atomic E-state index is -0.354. The first-order valence-electron chi connectivity index (χ1n) is 5.48. The highest BCUT2D eigenvalue weighted by Crippen LogP contribution is 2.16. The summed E-state index contributed by atoms with van der Waals surface area (Å²) in [6.45, 7) is 2.79. The summed E-state index contributed by atoms with van der Waals surface area (Å²) in [5.41, 5.74) is 5.95. The van der Waals surface area contributed by atoms with E-state index in [2.05, 4.69) is 0 Å². The molecule has 2 N–H and O–H groups in total. The smallest absolute Gasteiger partial charge is 0.255 e. The van der Waals surface area contributed by atoms with E-state index in [0.717, 1.165) is 6.42 Å². The summed E-state index contributed by atoms with van der Waals surface area (Å²) < 4.78 is 13.6. The van der Waals surface area contributed by atoms with E-state index in [1.807, 2.05) is 29.5 Å². The number of benzene rings is 1. The molecule has 0 radical (unpaired) electrons. The number of amides is 1. The van der Waals surface area contributed by atoms with Gasteiger partial charge in [-0.05, 0) is 47.2 Å². The molecule has 18 heavy (non-hydrogen) atoms. The van der Waals surface area contributed by atoms with E-state index < -0.39 is 0 Å².